The lowest BCUT2D eigenvalue weighted by molar-refractivity contribution is 0.607. The molecule has 0 aliphatic heterocycles. The van der Waals surface area contributed by atoms with Gasteiger partial charge < -0.3 is 0 Å². The van der Waals surface area contributed by atoms with Crippen LogP contribution in [0.1, 0.15) is 51.0 Å². The van der Waals surface area contributed by atoms with Gasteiger partial charge in [-0.05, 0) is 51.9 Å². The van der Waals surface area contributed by atoms with Crippen LogP contribution in [0.5, 0.6) is 0 Å². The van der Waals surface area contributed by atoms with Crippen molar-refractivity contribution in [3.63, 3.8) is 0 Å². The average Bonchev–Trinajstić information content (AvgIpc) is 2.73. The second kappa shape index (κ2) is 7.30. The van der Waals surface area contributed by atoms with Gasteiger partial charge in [-0.25, -0.2) is 0 Å². The summed E-state index contributed by atoms with van der Waals surface area (Å²) < 4.78 is 2.61. The Hall–Kier alpha value is -0.340. The van der Waals surface area contributed by atoms with Crippen molar-refractivity contribution >= 4 is 37.4 Å². The van der Waals surface area contributed by atoms with Crippen LogP contribution in [0.4, 0.5) is 0 Å². The maximum absolute atomic E-state index is 3.56. The van der Waals surface area contributed by atoms with E-state index < -0.39 is 0 Å². The molecule has 2 heteroatoms. The quantitative estimate of drug-likeness (QED) is 0.505. The minimum atomic E-state index is 1.23. The van der Waals surface area contributed by atoms with Crippen molar-refractivity contribution in [2.45, 2.75) is 51.9 Å². The van der Waals surface area contributed by atoms with Gasteiger partial charge in [-0.15, -0.1) is 11.3 Å². The highest BCUT2D eigenvalue weighted by atomic mass is 79.9. The molecule has 0 saturated carbocycles. The van der Waals surface area contributed by atoms with Gasteiger partial charge >= 0.3 is 0 Å². The lowest BCUT2D eigenvalue weighted by Gasteiger charge is -2.02. The molecule has 0 nitrogen and oxygen atoms in total. The van der Waals surface area contributed by atoms with E-state index >= 15 is 0 Å². The number of rotatable bonds is 7. The van der Waals surface area contributed by atoms with Crippen LogP contribution < -0.4 is 0 Å². The molecule has 0 spiro atoms. The molecule has 0 atom stereocenters. The second-order valence-electron chi connectivity index (χ2n) is 4.94. The third-order valence-electron chi connectivity index (χ3n) is 3.37. The van der Waals surface area contributed by atoms with Gasteiger partial charge in [0.25, 0.3) is 0 Å². The summed E-state index contributed by atoms with van der Waals surface area (Å²) >= 11 is 5.37. The Balaban J connectivity index is 1.80. The van der Waals surface area contributed by atoms with Crippen molar-refractivity contribution in [3.8, 4) is 0 Å². The zero-order valence-electron chi connectivity index (χ0n) is 11.0. The van der Waals surface area contributed by atoms with Crippen LogP contribution in [0.15, 0.2) is 28.1 Å². The summed E-state index contributed by atoms with van der Waals surface area (Å²) in [5.74, 6) is 0. The largest absolute Gasteiger partial charge is 0.128 e. The van der Waals surface area contributed by atoms with Crippen molar-refractivity contribution in [2.24, 2.45) is 0 Å². The molecule has 0 amide bonds. The molecular formula is C16H21BrS. The molecule has 0 aliphatic rings. The van der Waals surface area contributed by atoms with Gasteiger partial charge in [0, 0.05) is 4.70 Å². The number of halogens is 1. The van der Waals surface area contributed by atoms with Crippen LogP contribution >= 0.6 is 27.3 Å². The van der Waals surface area contributed by atoms with E-state index in [1.807, 2.05) is 11.3 Å². The van der Waals surface area contributed by atoms with E-state index in [2.05, 4.69) is 47.1 Å². The zero-order valence-corrected chi connectivity index (χ0v) is 13.4. The van der Waals surface area contributed by atoms with Gasteiger partial charge in [0.1, 0.15) is 0 Å². The Morgan fingerprint density at radius 1 is 1.00 bits per heavy atom. The SMILES string of the molecule is CCCCCCCCc1ccc2sc(Br)cc2c1. The standard InChI is InChI=1S/C16H21BrS/c1-2-3-4-5-6-7-8-13-9-10-15-14(11-13)12-16(17)18-15/h9-12H,2-8H2,1H3. The van der Waals surface area contributed by atoms with Crippen molar-refractivity contribution < 1.29 is 0 Å². The van der Waals surface area contributed by atoms with E-state index in [0.29, 0.717) is 0 Å². The van der Waals surface area contributed by atoms with Crippen LogP contribution in [0.3, 0.4) is 0 Å². The smallest absolute Gasteiger partial charge is 0.0711 e. The van der Waals surface area contributed by atoms with Crippen molar-refractivity contribution in [1.82, 2.24) is 0 Å². The summed E-state index contributed by atoms with van der Waals surface area (Å²) in [7, 11) is 0. The van der Waals surface area contributed by atoms with Gasteiger partial charge in [0.2, 0.25) is 0 Å². The maximum atomic E-state index is 3.56. The highest BCUT2D eigenvalue weighted by Gasteiger charge is 2.01. The van der Waals surface area contributed by atoms with Crippen LogP contribution in [0, 0.1) is 0 Å². The molecule has 18 heavy (non-hydrogen) atoms. The number of aryl methyl sites for hydroxylation is 1. The second-order valence-corrected chi connectivity index (χ2v) is 7.40. The third kappa shape index (κ3) is 4.10. The van der Waals surface area contributed by atoms with E-state index in [-0.39, 0.29) is 0 Å². The lowest BCUT2D eigenvalue weighted by Crippen LogP contribution is -1.85. The molecule has 0 fully saturated rings. The normalized spacial score (nSPS) is 11.2. The monoisotopic (exact) mass is 324 g/mol. The first kappa shape index (κ1) is 14.1. The summed E-state index contributed by atoms with van der Waals surface area (Å²) in [6.45, 7) is 2.27. The molecule has 1 aromatic carbocycles. The molecule has 1 aromatic heterocycles. The van der Waals surface area contributed by atoms with Crippen molar-refractivity contribution in [1.29, 1.82) is 0 Å². The first-order chi connectivity index (χ1) is 8.79. The maximum Gasteiger partial charge on any atom is 0.0711 e. The predicted molar refractivity (Wildman–Crippen MR) is 86.6 cm³/mol. The summed E-state index contributed by atoms with van der Waals surface area (Å²) in [6.07, 6.45) is 9.49. The van der Waals surface area contributed by atoms with E-state index in [1.54, 1.807) is 0 Å². The highest BCUT2D eigenvalue weighted by Crippen LogP contribution is 2.30. The van der Waals surface area contributed by atoms with Crippen LogP contribution in [-0.2, 0) is 6.42 Å². The minimum absolute atomic E-state index is 1.23. The Labute approximate surface area is 123 Å². The fourth-order valence-electron chi connectivity index (χ4n) is 2.33. The van der Waals surface area contributed by atoms with Crippen LogP contribution in [-0.4, -0.2) is 0 Å². The molecule has 0 radical (unpaired) electrons. The van der Waals surface area contributed by atoms with Gasteiger partial charge in [-0.1, -0.05) is 51.2 Å². The number of fused-ring (bicyclic) bond motifs is 1. The number of hydrogen-bond acceptors (Lipinski definition) is 1. The molecule has 1 heterocycles. The fourth-order valence-corrected chi connectivity index (χ4v) is 3.86. The van der Waals surface area contributed by atoms with Gasteiger partial charge in [0.15, 0.2) is 0 Å². The molecule has 0 N–H and O–H groups in total. The predicted octanol–water partition coefficient (Wildman–Crippen LogP) is 6.57. The van der Waals surface area contributed by atoms with E-state index in [9.17, 15) is 0 Å². The summed E-state index contributed by atoms with van der Waals surface area (Å²) in [5.41, 5.74) is 1.49. The van der Waals surface area contributed by atoms with Gasteiger partial charge in [-0.2, -0.15) is 0 Å². The molecule has 0 aliphatic carbocycles. The molecule has 98 valence electrons. The van der Waals surface area contributed by atoms with E-state index in [1.165, 1.54) is 64.4 Å². The molecule has 0 unspecified atom stereocenters. The first-order valence-corrected chi connectivity index (χ1v) is 8.58. The number of thiophene rings is 1. The number of hydrogen-bond donors (Lipinski definition) is 0. The third-order valence-corrected chi connectivity index (χ3v) is 4.99. The Morgan fingerprint density at radius 3 is 2.61 bits per heavy atom. The Bertz CT molecular complexity index is 487. The molecule has 0 bridgehead atoms. The van der Waals surface area contributed by atoms with E-state index in [4.69, 9.17) is 0 Å². The Morgan fingerprint density at radius 2 is 1.78 bits per heavy atom. The lowest BCUT2D eigenvalue weighted by atomic mass is 10.0. The summed E-state index contributed by atoms with van der Waals surface area (Å²) in [5, 5.41) is 1.38. The van der Waals surface area contributed by atoms with Crippen molar-refractivity contribution in [2.75, 3.05) is 0 Å². The summed E-state index contributed by atoms with van der Waals surface area (Å²) in [4.78, 5) is 0. The topological polar surface area (TPSA) is 0 Å². The highest BCUT2D eigenvalue weighted by molar-refractivity contribution is 9.11. The van der Waals surface area contributed by atoms with Crippen molar-refractivity contribution in [3.05, 3.63) is 33.6 Å². The zero-order chi connectivity index (χ0) is 12.8. The fraction of sp³-hybridized carbons (Fsp3) is 0.500. The molecular weight excluding hydrogens is 304 g/mol. The Kier molecular flexibility index (Phi) is 5.71. The summed E-state index contributed by atoms with van der Waals surface area (Å²) in [6, 6.07) is 9.13. The molecule has 2 rings (SSSR count). The van der Waals surface area contributed by atoms with Crippen LogP contribution in [0.25, 0.3) is 10.1 Å². The van der Waals surface area contributed by atoms with E-state index in [0.717, 1.165) is 0 Å². The minimum Gasteiger partial charge on any atom is -0.128 e. The van der Waals surface area contributed by atoms with Gasteiger partial charge in [-0.3, -0.25) is 0 Å². The molecule has 0 saturated heterocycles. The number of benzene rings is 1. The number of unbranched alkanes of at least 4 members (excludes halogenated alkanes) is 5. The molecule has 2 aromatic rings. The van der Waals surface area contributed by atoms with Crippen LogP contribution in [0.2, 0.25) is 0 Å². The van der Waals surface area contributed by atoms with Gasteiger partial charge in [0.05, 0.1) is 3.79 Å². The average molecular weight is 325 g/mol. The first-order valence-electron chi connectivity index (χ1n) is 6.97.